The number of aromatic carboxylic acids is 1. The highest BCUT2D eigenvalue weighted by Gasteiger charge is 2.35. The third-order valence-corrected chi connectivity index (χ3v) is 2.39. The molecule has 0 amide bonds. The summed E-state index contributed by atoms with van der Waals surface area (Å²) in [7, 11) is 0. The molecule has 0 radical (unpaired) electrons. The van der Waals surface area contributed by atoms with Crippen molar-refractivity contribution in [1.29, 1.82) is 0 Å². The summed E-state index contributed by atoms with van der Waals surface area (Å²) in [5.74, 6) is -2.88. The number of carbonyl (C=O) groups is 1. The fraction of sp³-hybridized carbons (Fsp3) is 0.125. The standard InChI is InChI=1S/C8H3BrF4O2/c9-6-4(8(11,12)13)1-3(7(14)15)2-5(6)10/h1-2H,(H,14,15). The molecular formula is C8H3BrF4O2. The molecule has 0 saturated heterocycles. The topological polar surface area (TPSA) is 37.3 Å². The Morgan fingerprint density at radius 3 is 2.27 bits per heavy atom. The van der Waals surface area contributed by atoms with E-state index < -0.39 is 33.6 Å². The van der Waals surface area contributed by atoms with Gasteiger partial charge in [0.1, 0.15) is 5.82 Å². The van der Waals surface area contributed by atoms with Gasteiger partial charge >= 0.3 is 12.1 Å². The Balaban J connectivity index is 3.45. The summed E-state index contributed by atoms with van der Waals surface area (Å²) in [6, 6.07) is 0.886. The second kappa shape index (κ2) is 3.80. The zero-order valence-corrected chi connectivity index (χ0v) is 8.49. The largest absolute Gasteiger partial charge is 0.478 e. The molecule has 0 aliphatic heterocycles. The second-order valence-electron chi connectivity index (χ2n) is 2.62. The van der Waals surface area contributed by atoms with E-state index in [1.165, 1.54) is 0 Å². The maximum Gasteiger partial charge on any atom is 0.417 e. The van der Waals surface area contributed by atoms with Crippen LogP contribution in [0.5, 0.6) is 0 Å². The molecule has 0 heterocycles. The van der Waals surface area contributed by atoms with Gasteiger partial charge in [-0.2, -0.15) is 13.2 Å². The fourth-order valence-corrected chi connectivity index (χ4v) is 1.37. The monoisotopic (exact) mass is 286 g/mol. The first-order valence-corrected chi connectivity index (χ1v) is 4.32. The van der Waals surface area contributed by atoms with E-state index in [1.54, 1.807) is 0 Å². The summed E-state index contributed by atoms with van der Waals surface area (Å²) < 4.78 is 49.0. The molecule has 0 aromatic heterocycles. The SMILES string of the molecule is O=C(O)c1cc(F)c(Br)c(C(F)(F)F)c1. The molecule has 82 valence electrons. The van der Waals surface area contributed by atoms with Crippen LogP contribution in [0.2, 0.25) is 0 Å². The van der Waals surface area contributed by atoms with Gasteiger partial charge in [0.25, 0.3) is 0 Å². The first kappa shape index (κ1) is 12.0. The summed E-state index contributed by atoms with van der Waals surface area (Å²) in [6.07, 6.45) is -4.80. The Bertz CT molecular complexity index is 414. The first-order valence-electron chi connectivity index (χ1n) is 3.53. The third-order valence-electron chi connectivity index (χ3n) is 1.58. The number of halogens is 5. The Morgan fingerprint density at radius 2 is 1.87 bits per heavy atom. The third kappa shape index (κ3) is 2.47. The van der Waals surface area contributed by atoms with Crippen LogP contribution in [-0.2, 0) is 6.18 Å². The lowest BCUT2D eigenvalue weighted by atomic mass is 10.1. The highest BCUT2D eigenvalue weighted by Crippen LogP contribution is 2.36. The fourth-order valence-electron chi connectivity index (χ4n) is 0.919. The Hall–Kier alpha value is -1.11. The molecule has 0 bridgehead atoms. The zero-order chi connectivity index (χ0) is 11.8. The summed E-state index contributed by atoms with van der Waals surface area (Å²) in [5, 5.41) is 8.44. The molecule has 0 fully saturated rings. The predicted molar refractivity (Wildman–Crippen MR) is 46.1 cm³/mol. The molecular weight excluding hydrogens is 284 g/mol. The van der Waals surface area contributed by atoms with E-state index in [0.29, 0.717) is 12.1 Å². The van der Waals surface area contributed by atoms with Crippen LogP contribution < -0.4 is 0 Å². The quantitative estimate of drug-likeness (QED) is 0.805. The summed E-state index contributed by atoms with van der Waals surface area (Å²) in [4.78, 5) is 10.4. The molecule has 0 aliphatic carbocycles. The molecule has 15 heavy (non-hydrogen) atoms. The predicted octanol–water partition coefficient (Wildman–Crippen LogP) is 3.31. The van der Waals surface area contributed by atoms with E-state index >= 15 is 0 Å². The van der Waals surface area contributed by atoms with Gasteiger partial charge in [-0.1, -0.05) is 0 Å². The van der Waals surface area contributed by atoms with E-state index in [0.717, 1.165) is 0 Å². The van der Waals surface area contributed by atoms with Crippen LogP contribution in [0.15, 0.2) is 16.6 Å². The summed E-state index contributed by atoms with van der Waals surface area (Å²) in [5.41, 5.74) is -2.09. The van der Waals surface area contributed by atoms with Gasteiger partial charge in [-0.05, 0) is 28.1 Å². The average Bonchev–Trinajstić information content (AvgIpc) is 2.06. The lowest BCUT2D eigenvalue weighted by Crippen LogP contribution is -2.10. The number of rotatable bonds is 1. The maximum atomic E-state index is 12.9. The van der Waals surface area contributed by atoms with Gasteiger partial charge in [-0.3, -0.25) is 0 Å². The Labute approximate surface area is 89.6 Å². The number of hydrogen-bond donors (Lipinski definition) is 1. The van der Waals surface area contributed by atoms with E-state index in [-0.39, 0.29) is 0 Å². The van der Waals surface area contributed by atoms with Crippen molar-refractivity contribution in [3.63, 3.8) is 0 Å². The van der Waals surface area contributed by atoms with E-state index in [2.05, 4.69) is 15.9 Å². The van der Waals surface area contributed by atoms with Crippen LogP contribution in [0.3, 0.4) is 0 Å². The van der Waals surface area contributed by atoms with E-state index in [9.17, 15) is 22.4 Å². The zero-order valence-electron chi connectivity index (χ0n) is 6.90. The number of hydrogen-bond acceptors (Lipinski definition) is 1. The minimum Gasteiger partial charge on any atom is -0.478 e. The van der Waals surface area contributed by atoms with Crippen LogP contribution in [0, 0.1) is 5.82 Å². The molecule has 1 aromatic carbocycles. The molecule has 7 heteroatoms. The Morgan fingerprint density at radius 1 is 1.33 bits per heavy atom. The summed E-state index contributed by atoms with van der Waals surface area (Å²) in [6.45, 7) is 0. The highest BCUT2D eigenvalue weighted by atomic mass is 79.9. The van der Waals surface area contributed by atoms with Crippen LogP contribution in [-0.4, -0.2) is 11.1 Å². The number of alkyl halides is 3. The van der Waals surface area contributed by atoms with Crippen molar-refractivity contribution in [3.8, 4) is 0 Å². The number of carboxylic acid groups (broad SMARTS) is 1. The first-order chi connectivity index (χ1) is 6.73. The van der Waals surface area contributed by atoms with Crippen molar-refractivity contribution >= 4 is 21.9 Å². The lowest BCUT2D eigenvalue weighted by Gasteiger charge is -2.10. The molecule has 2 nitrogen and oxygen atoms in total. The molecule has 1 rings (SSSR count). The maximum absolute atomic E-state index is 12.9. The molecule has 0 unspecified atom stereocenters. The molecule has 1 aromatic rings. The van der Waals surface area contributed by atoms with E-state index in [4.69, 9.17) is 5.11 Å². The van der Waals surface area contributed by atoms with Gasteiger partial charge in [0.15, 0.2) is 0 Å². The van der Waals surface area contributed by atoms with Gasteiger partial charge < -0.3 is 5.11 Å². The Kier molecular flexibility index (Phi) is 3.03. The second-order valence-corrected chi connectivity index (χ2v) is 3.42. The van der Waals surface area contributed by atoms with Crippen LogP contribution in [0.25, 0.3) is 0 Å². The van der Waals surface area contributed by atoms with Gasteiger partial charge in [0.2, 0.25) is 0 Å². The van der Waals surface area contributed by atoms with Crippen molar-refractivity contribution in [2.75, 3.05) is 0 Å². The van der Waals surface area contributed by atoms with Crippen molar-refractivity contribution < 1.29 is 27.5 Å². The van der Waals surface area contributed by atoms with Gasteiger partial charge in [-0.15, -0.1) is 0 Å². The molecule has 0 atom stereocenters. The molecule has 0 saturated carbocycles. The van der Waals surface area contributed by atoms with Crippen LogP contribution in [0.1, 0.15) is 15.9 Å². The lowest BCUT2D eigenvalue weighted by molar-refractivity contribution is -0.138. The number of carboxylic acids is 1. The van der Waals surface area contributed by atoms with Crippen molar-refractivity contribution in [1.82, 2.24) is 0 Å². The van der Waals surface area contributed by atoms with Crippen molar-refractivity contribution in [3.05, 3.63) is 33.5 Å². The van der Waals surface area contributed by atoms with Crippen LogP contribution >= 0.6 is 15.9 Å². The highest BCUT2D eigenvalue weighted by molar-refractivity contribution is 9.10. The van der Waals surface area contributed by atoms with Crippen molar-refractivity contribution in [2.24, 2.45) is 0 Å². The van der Waals surface area contributed by atoms with Gasteiger partial charge in [0.05, 0.1) is 15.6 Å². The van der Waals surface area contributed by atoms with Gasteiger partial charge in [-0.25, -0.2) is 9.18 Å². The average molecular weight is 287 g/mol. The molecule has 0 spiro atoms. The van der Waals surface area contributed by atoms with Crippen LogP contribution in [0.4, 0.5) is 17.6 Å². The number of benzene rings is 1. The molecule has 0 aliphatic rings. The van der Waals surface area contributed by atoms with Gasteiger partial charge in [0, 0.05) is 0 Å². The normalized spacial score (nSPS) is 11.5. The van der Waals surface area contributed by atoms with Crippen molar-refractivity contribution in [2.45, 2.75) is 6.18 Å². The smallest absolute Gasteiger partial charge is 0.417 e. The minimum atomic E-state index is -4.80. The van der Waals surface area contributed by atoms with E-state index in [1.807, 2.05) is 0 Å². The summed E-state index contributed by atoms with van der Waals surface area (Å²) >= 11 is 2.41. The minimum absolute atomic E-state index is 0.371. The molecule has 1 N–H and O–H groups in total.